The summed E-state index contributed by atoms with van der Waals surface area (Å²) < 4.78 is 1.78. The first-order chi connectivity index (χ1) is 7.08. The van der Waals surface area contributed by atoms with Crippen LogP contribution < -0.4 is 0 Å². The van der Waals surface area contributed by atoms with E-state index in [0.29, 0.717) is 10.8 Å². The largest absolute Gasteiger partial charge is 0.245 e. The first-order valence-corrected chi connectivity index (χ1v) is 7.11. The number of nitrogens with zero attached hydrogens (tertiary/aromatic N) is 4. The molecule has 0 saturated carbocycles. The van der Waals surface area contributed by atoms with Crippen LogP contribution in [0.15, 0.2) is 0 Å². The van der Waals surface area contributed by atoms with Crippen molar-refractivity contribution in [2.45, 2.75) is 0 Å². The van der Waals surface area contributed by atoms with Crippen molar-refractivity contribution < 1.29 is 0 Å². The Labute approximate surface area is 111 Å². The van der Waals surface area contributed by atoms with Gasteiger partial charge in [-0.15, -0.1) is 0 Å². The van der Waals surface area contributed by atoms with Crippen LogP contribution in [0.4, 0.5) is 0 Å². The highest BCUT2D eigenvalue weighted by atomic mass is 35.5. The lowest BCUT2D eigenvalue weighted by molar-refractivity contribution is 1.00. The third-order valence-electron chi connectivity index (χ3n) is 1.27. The Morgan fingerprint density at radius 3 is 2.00 bits per heavy atom. The standard InChI is InChI=1S/C6H6Cl2N4S3/c1-14-12(15-2)4(13)3-9-5(7)11-6(8)10-3/h1-2H3. The molecule has 0 spiro atoms. The number of rotatable bonds is 3. The molecular formula is C6H6Cl2N4S3. The topological polar surface area (TPSA) is 41.9 Å². The predicted octanol–water partition coefficient (Wildman–Crippen LogP) is 2.71. The van der Waals surface area contributed by atoms with Crippen molar-refractivity contribution in [1.82, 2.24) is 18.7 Å². The summed E-state index contributed by atoms with van der Waals surface area (Å²) in [5.41, 5.74) is 0. The molecule has 15 heavy (non-hydrogen) atoms. The van der Waals surface area contributed by atoms with E-state index in [0.717, 1.165) is 0 Å². The van der Waals surface area contributed by atoms with Crippen LogP contribution in [0.25, 0.3) is 0 Å². The van der Waals surface area contributed by atoms with Crippen LogP contribution in [0.1, 0.15) is 5.82 Å². The molecule has 0 amide bonds. The molecular weight excluding hydrogens is 295 g/mol. The van der Waals surface area contributed by atoms with Crippen LogP contribution in [0, 0.1) is 0 Å². The summed E-state index contributed by atoms with van der Waals surface area (Å²) in [6, 6.07) is 0. The fourth-order valence-corrected chi connectivity index (χ4v) is 2.74. The molecule has 1 rings (SSSR count). The first kappa shape index (κ1) is 13.2. The lowest BCUT2D eigenvalue weighted by Gasteiger charge is -2.16. The number of aromatic nitrogens is 3. The Balaban J connectivity index is 3.00. The monoisotopic (exact) mass is 300 g/mol. The van der Waals surface area contributed by atoms with Crippen LogP contribution in [0.3, 0.4) is 0 Å². The van der Waals surface area contributed by atoms with Gasteiger partial charge in [-0.2, -0.15) is 15.0 Å². The van der Waals surface area contributed by atoms with Gasteiger partial charge in [-0.25, -0.2) is 3.71 Å². The summed E-state index contributed by atoms with van der Waals surface area (Å²) >= 11 is 19.4. The van der Waals surface area contributed by atoms with Crippen molar-refractivity contribution in [2.24, 2.45) is 0 Å². The van der Waals surface area contributed by atoms with Gasteiger partial charge < -0.3 is 0 Å². The number of hydrogen-bond donors (Lipinski definition) is 0. The highest BCUT2D eigenvalue weighted by molar-refractivity contribution is 8.13. The maximum atomic E-state index is 5.65. The highest BCUT2D eigenvalue weighted by Crippen LogP contribution is 2.20. The zero-order valence-electron chi connectivity index (χ0n) is 7.77. The van der Waals surface area contributed by atoms with Crippen molar-refractivity contribution >= 4 is 64.3 Å². The van der Waals surface area contributed by atoms with Crippen LogP contribution in [-0.2, 0) is 0 Å². The van der Waals surface area contributed by atoms with Gasteiger partial charge in [-0.1, -0.05) is 12.2 Å². The maximum absolute atomic E-state index is 5.65. The molecule has 0 bridgehead atoms. The van der Waals surface area contributed by atoms with Gasteiger partial charge in [-0.05, 0) is 47.1 Å². The van der Waals surface area contributed by atoms with E-state index in [1.165, 1.54) is 23.9 Å². The normalized spacial score (nSPS) is 10.1. The Hall–Kier alpha value is 0.180. The smallest absolute Gasteiger partial charge is 0.227 e. The van der Waals surface area contributed by atoms with Crippen LogP contribution in [0.2, 0.25) is 10.6 Å². The van der Waals surface area contributed by atoms with Crippen molar-refractivity contribution in [3.8, 4) is 0 Å². The SMILES string of the molecule is CSN(SC)C(=S)c1nc(Cl)nc(Cl)n1. The zero-order valence-corrected chi connectivity index (χ0v) is 11.7. The van der Waals surface area contributed by atoms with Crippen molar-refractivity contribution in [3.05, 3.63) is 16.4 Å². The van der Waals surface area contributed by atoms with E-state index in [9.17, 15) is 0 Å². The summed E-state index contributed by atoms with van der Waals surface area (Å²) in [4.78, 5) is 11.9. The van der Waals surface area contributed by atoms with Gasteiger partial charge in [0.25, 0.3) is 0 Å². The van der Waals surface area contributed by atoms with Gasteiger partial charge in [0, 0.05) is 12.5 Å². The molecule has 0 atom stereocenters. The number of hydrogen-bond acceptors (Lipinski definition) is 6. The molecule has 0 aliphatic heterocycles. The molecule has 9 heteroatoms. The van der Waals surface area contributed by atoms with Crippen LogP contribution in [0.5, 0.6) is 0 Å². The molecule has 1 aromatic heterocycles. The fourth-order valence-electron chi connectivity index (χ4n) is 0.744. The summed E-state index contributed by atoms with van der Waals surface area (Å²) in [5.74, 6) is 0.304. The molecule has 0 unspecified atom stereocenters. The molecule has 1 aromatic rings. The Morgan fingerprint density at radius 2 is 1.60 bits per heavy atom. The minimum atomic E-state index is 0.0366. The molecule has 0 radical (unpaired) electrons. The Kier molecular flexibility index (Phi) is 5.34. The molecule has 0 N–H and O–H groups in total. The Morgan fingerprint density at radius 1 is 1.13 bits per heavy atom. The molecule has 4 nitrogen and oxygen atoms in total. The first-order valence-electron chi connectivity index (χ1n) is 3.58. The van der Waals surface area contributed by atoms with Gasteiger partial charge in [-0.3, -0.25) is 0 Å². The molecule has 0 aliphatic rings. The van der Waals surface area contributed by atoms with Crippen LogP contribution in [-0.4, -0.2) is 36.2 Å². The van der Waals surface area contributed by atoms with Gasteiger partial charge in [0.2, 0.25) is 10.6 Å². The quantitative estimate of drug-likeness (QED) is 0.628. The van der Waals surface area contributed by atoms with Gasteiger partial charge in [0.15, 0.2) is 10.8 Å². The van der Waals surface area contributed by atoms with E-state index in [1.54, 1.807) is 3.71 Å². The van der Waals surface area contributed by atoms with E-state index >= 15 is 0 Å². The number of halogens is 2. The molecule has 1 heterocycles. The van der Waals surface area contributed by atoms with Gasteiger partial charge in [0.1, 0.15) is 0 Å². The molecule has 0 aromatic carbocycles. The maximum Gasteiger partial charge on any atom is 0.227 e. The van der Waals surface area contributed by atoms with E-state index < -0.39 is 0 Å². The minimum Gasteiger partial charge on any atom is -0.245 e. The molecule has 0 fully saturated rings. The van der Waals surface area contributed by atoms with Gasteiger partial charge in [0.05, 0.1) is 0 Å². The van der Waals surface area contributed by atoms with E-state index in [4.69, 9.17) is 35.4 Å². The Bertz CT molecular complexity index is 351. The average molecular weight is 301 g/mol. The molecule has 0 saturated heterocycles. The van der Waals surface area contributed by atoms with E-state index in [1.807, 2.05) is 12.5 Å². The second-order valence-electron chi connectivity index (χ2n) is 2.12. The summed E-state index contributed by atoms with van der Waals surface area (Å²) in [7, 11) is 0. The van der Waals surface area contributed by atoms with Crippen LogP contribution >= 0.6 is 59.3 Å². The third-order valence-corrected chi connectivity index (χ3v) is 4.13. The summed E-state index contributed by atoms with van der Waals surface area (Å²) in [6.07, 6.45) is 3.79. The van der Waals surface area contributed by atoms with E-state index in [2.05, 4.69) is 15.0 Å². The highest BCUT2D eigenvalue weighted by Gasteiger charge is 2.14. The number of thiocarbonyl (C=S) groups is 1. The fraction of sp³-hybridized carbons (Fsp3) is 0.333. The lowest BCUT2D eigenvalue weighted by Crippen LogP contribution is -2.18. The molecule has 82 valence electrons. The predicted molar refractivity (Wildman–Crippen MR) is 70.4 cm³/mol. The van der Waals surface area contributed by atoms with Crippen molar-refractivity contribution in [2.75, 3.05) is 12.5 Å². The summed E-state index contributed by atoms with van der Waals surface area (Å²) in [5, 5.41) is 0.0732. The van der Waals surface area contributed by atoms with Crippen molar-refractivity contribution in [1.29, 1.82) is 0 Å². The van der Waals surface area contributed by atoms with Gasteiger partial charge >= 0.3 is 0 Å². The minimum absolute atomic E-state index is 0.0366. The third kappa shape index (κ3) is 3.60. The van der Waals surface area contributed by atoms with Crippen molar-refractivity contribution in [3.63, 3.8) is 0 Å². The second kappa shape index (κ2) is 6.05. The second-order valence-corrected chi connectivity index (χ2v) is 4.88. The average Bonchev–Trinajstić information content (AvgIpc) is 2.18. The molecule has 0 aliphatic carbocycles. The lowest BCUT2D eigenvalue weighted by atomic mass is 10.6. The zero-order chi connectivity index (χ0) is 11.4. The van der Waals surface area contributed by atoms with E-state index in [-0.39, 0.29) is 10.6 Å². The summed E-state index contributed by atoms with van der Waals surface area (Å²) in [6.45, 7) is 0.